The molecule has 3 atom stereocenters. The average Bonchev–Trinajstić information content (AvgIpc) is 2.36. The van der Waals surface area contributed by atoms with Crippen LogP contribution < -0.4 is 5.32 Å². The fraction of sp³-hybridized carbons (Fsp3) is 1.00. The molecular weight excluding hydrogens is 162 g/mol. The van der Waals surface area contributed by atoms with Gasteiger partial charge in [-0.15, -0.1) is 0 Å². The van der Waals surface area contributed by atoms with Crippen LogP contribution in [0.3, 0.4) is 0 Å². The molecule has 66 valence electrons. The van der Waals surface area contributed by atoms with Crippen molar-refractivity contribution in [1.82, 2.24) is 5.32 Å². The minimum atomic E-state index is -0.838. The molecule has 0 saturated carbocycles. The van der Waals surface area contributed by atoms with Gasteiger partial charge in [-0.3, -0.25) is 4.21 Å². The van der Waals surface area contributed by atoms with Crippen molar-refractivity contribution in [3.63, 3.8) is 0 Å². The Morgan fingerprint density at radius 3 is 2.82 bits per heavy atom. The molecule has 1 aliphatic rings. The van der Waals surface area contributed by atoms with E-state index < -0.39 is 16.9 Å². The third-order valence-electron chi connectivity index (χ3n) is 1.87. The third-order valence-corrected chi connectivity index (χ3v) is 3.84. The van der Waals surface area contributed by atoms with Crippen molar-refractivity contribution in [1.29, 1.82) is 0 Å². The van der Waals surface area contributed by atoms with E-state index >= 15 is 0 Å². The van der Waals surface area contributed by atoms with Crippen LogP contribution in [0.15, 0.2) is 0 Å². The van der Waals surface area contributed by atoms with E-state index in [2.05, 4.69) is 5.32 Å². The molecule has 0 aromatic heterocycles. The van der Waals surface area contributed by atoms with Gasteiger partial charge in [0.1, 0.15) is 0 Å². The number of β-amino-alcohol motifs (C(OH)–C–C–N with tert-alkyl or cyclic N) is 1. The Balaban J connectivity index is 2.39. The summed E-state index contributed by atoms with van der Waals surface area (Å²) in [7, 11) is -0.838. The molecule has 1 fully saturated rings. The summed E-state index contributed by atoms with van der Waals surface area (Å²) in [6.45, 7) is 3.31. The van der Waals surface area contributed by atoms with Gasteiger partial charge in [0, 0.05) is 29.6 Å². The Morgan fingerprint density at radius 1 is 1.64 bits per heavy atom. The largest absolute Gasteiger partial charge is 0.390 e. The van der Waals surface area contributed by atoms with Crippen LogP contribution in [0.2, 0.25) is 0 Å². The second-order valence-electron chi connectivity index (χ2n) is 2.85. The van der Waals surface area contributed by atoms with E-state index in [9.17, 15) is 9.32 Å². The van der Waals surface area contributed by atoms with Crippen LogP contribution in [0, 0.1) is 0 Å². The third kappa shape index (κ3) is 2.25. The molecule has 0 bridgehead atoms. The van der Waals surface area contributed by atoms with Gasteiger partial charge in [0.05, 0.1) is 11.4 Å². The molecule has 4 heteroatoms. The zero-order valence-electron chi connectivity index (χ0n) is 6.75. The van der Waals surface area contributed by atoms with E-state index in [4.69, 9.17) is 0 Å². The average molecular weight is 177 g/mol. The fourth-order valence-electron chi connectivity index (χ4n) is 1.26. The SMILES string of the molecule is CCCS(=O)[C@@H]1CNC[C@H]1O. The zero-order chi connectivity index (χ0) is 8.27. The van der Waals surface area contributed by atoms with Gasteiger partial charge < -0.3 is 10.4 Å². The van der Waals surface area contributed by atoms with Gasteiger partial charge in [-0.1, -0.05) is 6.92 Å². The van der Waals surface area contributed by atoms with Crippen LogP contribution >= 0.6 is 0 Å². The Hall–Kier alpha value is 0.0700. The first-order chi connectivity index (χ1) is 5.25. The van der Waals surface area contributed by atoms with Gasteiger partial charge in [0.2, 0.25) is 0 Å². The number of hydrogen-bond acceptors (Lipinski definition) is 3. The molecule has 1 rings (SSSR count). The van der Waals surface area contributed by atoms with Gasteiger partial charge in [0.15, 0.2) is 0 Å². The van der Waals surface area contributed by atoms with Gasteiger partial charge >= 0.3 is 0 Å². The second kappa shape index (κ2) is 4.18. The first-order valence-electron chi connectivity index (χ1n) is 4.01. The molecule has 1 saturated heterocycles. The van der Waals surface area contributed by atoms with Crippen LogP contribution in [-0.4, -0.2) is 39.5 Å². The molecule has 0 aliphatic carbocycles. The van der Waals surface area contributed by atoms with E-state index in [1.165, 1.54) is 0 Å². The molecule has 2 N–H and O–H groups in total. The van der Waals surface area contributed by atoms with E-state index in [0.717, 1.165) is 6.42 Å². The predicted molar refractivity (Wildman–Crippen MR) is 46.0 cm³/mol. The van der Waals surface area contributed by atoms with Gasteiger partial charge in [-0.25, -0.2) is 0 Å². The quantitative estimate of drug-likeness (QED) is 0.610. The minimum absolute atomic E-state index is 0.0325. The molecule has 11 heavy (non-hydrogen) atoms. The molecule has 0 aromatic rings. The summed E-state index contributed by atoms with van der Waals surface area (Å²) >= 11 is 0. The van der Waals surface area contributed by atoms with Gasteiger partial charge in [-0.2, -0.15) is 0 Å². The van der Waals surface area contributed by atoms with Gasteiger partial charge in [0.25, 0.3) is 0 Å². The Morgan fingerprint density at radius 2 is 2.36 bits per heavy atom. The van der Waals surface area contributed by atoms with E-state index in [1.54, 1.807) is 0 Å². The topological polar surface area (TPSA) is 49.3 Å². The molecule has 0 amide bonds. The lowest BCUT2D eigenvalue weighted by atomic mass is 10.3. The number of aliphatic hydroxyl groups excluding tert-OH is 1. The highest BCUT2D eigenvalue weighted by molar-refractivity contribution is 7.85. The summed E-state index contributed by atoms with van der Waals surface area (Å²) in [4.78, 5) is 0. The maximum absolute atomic E-state index is 11.4. The molecule has 0 aromatic carbocycles. The predicted octanol–water partition coefficient (Wildman–Crippen LogP) is -0.522. The summed E-state index contributed by atoms with van der Waals surface area (Å²) in [6, 6.07) is 0. The lowest BCUT2D eigenvalue weighted by molar-refractivity contribution is 0.199. The van der Waals surface area contributed by atoms with E-state index in [0.29, 0.717) is 18.8 Å². The van der Waals surface area contributed by atoms with Crippen LogP contribution in [0.25, 0.3) is 0 Å². The molecular formula is C7H15NO2S. The number of hydrogen-bond donors (Lipinski definition) is 2. The van der Waals surface area contributed by atoms with Crippen molar-refractivity contribution in [3.8, 4) is 0 Å². The van der Waals surface area contributed by atoms with Crippen molar-refractivity contribution in [3.05, 3.63) is 0 Å². The summed E-state index contributed by atoms with van der Waals surface area (Å²) in [5, 5.41) is 12.3. The molecule has 1 heterocycles. The second-order valence-corrected chi connectivity index (χ2v) is 4.62. The molecule has 0 radical (unpaired) electrons. The summed E-state index contributed by atoms with van der Waals surface area (Å²) in [6.07, 6.45) is 0.526. The highest BCUT2D eigenvalue weighted by Crippen LogP contribution is 2.08. The summed E-state index contributed by atoms with van der Waals surface area (Å²) in [5.41, 5.74) is 0. The summed E-state index contributed by atoms with van der Waals surface area (Å²) in [5.74, 6) is 0.712. The monoisotopic (exact) mass is 177 g/mol. The van der Waals surface area contributed by atoms with Gasteiger partial charge in [-0.05, 0) is 6.42 Å². The molecule has 3 nitrogen and oxygen atoms in total. The lowest BCUT2D eigenvalue weighted by Crippen LogP contribution is -2.29. The van der Waals surface area contributed by atoms with Crippen molar-refractivity contribution in [2.75, 3.05) is 18.8 Å². The van der Waals surface area contributed by atoms with Crippen LogP contribution in [-0.2, 0) is 10.8 Å². The highest BCUT2D eigenvalue weighted by Gasteiger charge is 2.29. The number of rotatable bonds is 3. The summed E-state index contributed by atoms with van der Waals surface area (Å²) < 4.78 is 11.4. The van der Waals surface area contributed by atoms with Crippen molar-refractivity contribution in [2.45, 2.75) is 24.7 Å². The number of nitrogens with one attached hydrogen (secondary N) is 1. The molecule has 1 unspecified atom stereocenters. The molecule has 0 spiro atoms. The number of aliphatic hydroxyl groups is 1. The Labute approximate surface area is 69.6 Å². The Bertz CT molecular complexity index is 151. The van der Waals surface area contributed by atoms with Crippen molar-refractivity contribution < 1.29 is 9.32 Å². The van der Waals surface area contributed by atoms with Crippen LogP contribution in [0.5, 0.6) is 0 Å². The van der Waals surface area contributed by atoms with Crippen LogP contribution in [0.1, 0.15) is 13.3 Å². The maximum Gasteiger partial charge on any atom is 0.0820 e. The van der Waals surface area contributed by atoms with Crippen LogP contribution in [0.4, 0.5) is 0 Å². The molecule has 1 aliphatic heterocycles. The minimum Gasteiger partial charge on any atom is -0.390 e. The first-order valence-corrected chi connectivity index (χ1v) is 5.40. The normalized spacial score (nSPS) is 34.0. The van der Waals surface area contributed by atoms with E-state index in [-0.39, 0.29) is 5.25 Å². The standard InChI is InChI=1S/C7H15NO2S/c1-2-3-11(10)7-5-8-4-6(7)9/h6-9H,2-5H2,1H3/t6-,7-,11?/m1/s1. The first kappa shape index (κ1) is 9.16. The van der Waals surface area contributed by atoms with Crippen molar-refractivity contribution in [2.24, 2.45) is 0 Å². The fourth-order valence-corrected chi connectivity index (χ4v) is 2.72. The maximum atomic E-state index is 11.4. The zero-order valence-corrected chi connectivity index (χ0v) is 7.56. The smallest absolute Gasteiger partial charge is 0.0820 e. The van der Waals surface area contributed by atoms with Crippen molar-refractivity contribution >= 4 is 10.8 Å². The van der Waals surface area contributed by atoms with E-state index in [1.807, 2.05) is 6.92 Å². The lowest BCUT2D eigenvalue weighted by Gasteiger charge is -2.11. The Kier molecular flexibility index (Phi) is 3.48. The highest BCUT2D eigenvalue weighted by atomic mass is 32.2.